The van der Waals surface area contributed by atoms with E-state index in [4.69, 9.17) is 4.84 Å². The molecule has 0 saturated carbocycles. The van der Waals surface area contributed by atoms with Gasteiger partial charge < -0.3 is 5.11 Å². The first-order valence-corrected chi connectivity index (χ1v) is 4.77. The van der Waals surface area contributed by atoms with Crippen molar-refractivity contribution in [1.29, 1.82) is 0 Å². The Hall–Kier alpha value is -1.13. The van der Waals surface area contributed by atoms with Crippen LogP contribution in [-0.2, 0) is 11.4 Å². The van der Waals surface area contributed by atoms with Gasteiger partial charge in [-0.3, -0.25) is 4.84 Å². The third kappa shape index (κ3) is 3.85. The van der Waals surface area contributed by atoms with Crippen molar-refractivity contribution in [3.8, 4) is 5.75 Å². The molecule has 0 bridgehead atoms. The minimum absolute atomic E-state index is 0.265. The molecular weight excluding hydrogens is 197 g/mol. The number of nitrogens with one attached hydrogen (secondary N) is 1. The summed E-state index contributed by atoms with van der Waals surface area (Å²) in [6, 6.07) is 4.39. The molecule has 0 unspecified atom stereocenters. The van der Waals surface area contributed by atoms with Gasteiger partial charge in [-0.15, -0.1) is 0 Å². The number of phenols is 1. The summed E-state index contributed by atoms with van der Waals surface area (Å²) < 4.78 is 12.9. The topological polar surface area (TPSA) is 41.5 Å². The number of para-hydroxylation sites is 1. The van der Waals surface area contributed by atoms with E-state index in [2.05, 4.69) is 5.48 Å². The first-order chi connectivity index (χ1) is 6.90. The fraction of sp³-hybridized carbons (Fsp3) is 0.455. The average Bonchev–Trinajstić information content (AvgIpc) is 2.10. The predicted octanol–water partition coefficient (Wildman–Crippen LogP) is 2.35. The largest absolute Gasteiger partial charge is 0.505 e. The van der Waals surface area contributed by atoms with Gasteiger partial charge in [-0.05, 0) is 26.8 Å². The highest BCUT2D eigenvalue weighted by atomic mass is 19.1. The van der Waals surface area contributed by atoms with Crippen molar-refractivity contribution in [2.75, 3.05) is 0 Å². The van der Waals surface area contributed by atoms with E-state index < -0.39 is 5.82 Å². The summed E-state index contributed by atoms with van der Waals surface area (Å²) in [5, 5.41) is 9.36. The monoisotopic (exact) mass is 213 g/mol. The third-order valence-corrected chi connectivity index (χ3v) is 1.71. The zero-order valence-corrected chi connectivity index (χ0v) is 9.17. The lowest BCUT2D eigenvalue weighted by Crippen LogP contribution is -2.28. The van der Waals surface area contributed by atoms with E-state index in [1.165, 1.54) is 6.07 Å². The van der Waals surface area contributed by atoms with Gasteiger partial charge >= 0.3 is 0 Å². The summed E-state index contributed by atoms with van der Waals surface area (Å²) in [6.07, 6.45) is 0. The van der Waals surface area contributed by atoms with Crippen molar-refractivity contribution in [1.82, 2.24) is 5.48 Å². The van der Waals surface area contributed by atoms with Crippen LogP contribution in [0.1, 0.15) is 26.3 Å². The Kier molecular flexibility index (Phi) is 3.66. The van der Waals surface area contributed by atoms with Crippen LogP contribution >= 0.6 is 0 Å². The molecule has 0 amide bonds. The first-order valence-electron chi connectivity index (χ1n) is 4.77. The summed E-state index contributed by atoms with van der Waals surface area (Å²) in [4.78, 5) is 5.24. The fourth-order valence-electron chi connectivity index (χ4n) is 1.03. The molecule has 0 fully saturated rings. The van der Waals surface area contributed by atoms with E-state index in [1.807, 2.05) is 20.8 Å². The molecule has 0 atom stereocenters. The molecule has 15 heavy (non-hydrogen) atoms. The van der Waals surface area contributed by atoms with Crippen LogP contribution in [0.3, 0.4) is 0 Å². The zero-order valence-electron chi connectivity index (χ0n) is 9.17. The van der Waals surface area contributed by atoms with E-state index in [0.717, 1.165) is 0 Å². The lowest BCUT2D eigenvalue weighted by Gasteiger charge is -2.19. The normalized spacial score (nSPS) is 11.7. The van der Waals surface area contributed by atoms with Crippen LogP contribution in [0.15, 0.2) is 18.2 Å². The maximum atomic E-state index is 12.9. The quantitative estimate of drug-likeness (QED) is 0.757. The van der Waals surface area contributed by atoms with Gasteiger partial charge in [-0.2, -0.15) is 5.48 Å². The van der Waals surface area contributed by atoms with E-state index in [0.29, 0.717) is 5.56 Å². The number of rotatable bonds is 3. The van der Waals surface area contributed by atoms with Crippen molar-refractivity contribution in [2.45, 2.75) is 32.9 Å². The van der Waals surface area contributed by atoms with E-state index in [1.54, 1.807) is 12.1 Å². The minimum atomic E-state index is -0.620. The van der Waals surface area contributed by atoms with Crippen molar-refractivity contribution >= 4 is 0 Å². The van der Waals surface area contributed by atoms with Gasteiger partial charge in [-0.25, -0.2) is 4.39 Å². The van der Waals surface area contributed by atoms with Crippen LogP contribution in [-0.4, -0.2) is 10.7 Å². The molecule has 0 saturated heterocycles. The SMILES string of the molecule is CC(C)(C)ONCc1cccc(F)c1O. The number of aromatic hydroxyl groups is 1. The summed E-state index contributed by atoms with van der Waals surface area (Å²) in [7, 11) is 0. The van der Waals surface area contributed by atoms with Gasteiger partial charge in [-0.1, -0.05) is 12.1 Å². The molecule has 1 aromatic rings. The van der Waals surface area contributed by atoms with Crippen LogP contribution in [0.2, 0.25) is 0 Å². The standard InChI is InChI=1S/C11H16FNO2/c1-11(2,3)15-13-7-8-5-4-6-9(12)10(8)14/h4-6,13-14H,7H2,1-3H3. The Morgan fingerprint density at radius 2 is 2.07 bits per heavy atom. The van der Waals surface area contributed by atoms with Gasteiger partial charge in [0.15, 0.2) is 11.6 Å². The van der Waals surface area contributed by atoms with Crippen LogP contribution in [0.4, 0.5) is 4.39 Å². The third-order valence-electron chi connectivity index (χ3n) is 1.71. The smallest absolute Gasteiger partial charge is 0.165 e. The van der Waals surface area contributed by atoms with Gasteiger partial charge in [0, 0.05) is 12.1 Å². The highest BCUT2D eigenvalue weighted by Gasteiger charge is 2.11. The van der Waals surface area contributed by atoms with Crippen LogP contribution in [0, 0.1) is 5.82 Å². The van der Waals surface area contributed by atoms with E-state index in [9.17, 15) is 9.50 Å². The second-order valence-electron chi connectivity index (χ2n) is 4.28. The molecule has 4 heteroatoms. The molecule has 84 valence electrons. The Bertz CT molecular complexity index is 334. The Labute approximate surface area is 88.8 Å². The Morgan fingerprint density at radius 1 is 1.40 bits per heavy atom. The Morgan fingerprint density at radius 3 is 2.67 bits per heavy atom. The summed E-state index contributed by atoms with van der Waals surface area (Å²) >= 11 is 0. The van der Waals surface area contributed by atoms with Gasteiger partial charge in [0.1, 0.15) is 0 Å². The number of hydrogen-bond donors (Lipinski definition) is 2. The number of hydroxylamine groups is 1. The molecular formula is C11H16FNO2. The zero-order chi connectivity index (χ0) is 11.5. The molecule has 0 radical (unpaired) electrons. The highest BCUT2D eigenvalue weighted by molar-refractivity contribution is 5.33. The molecule has 0 spiro atoms. The molecule has 1 aromatic carbocycles. The summed E-state index contributed by atoms with van der Waals surface area (Å²) in [5.74, 6) is -0.951. The molecule has 2 N–H and O–H groups in total. The maximum Gasteiger partial charge on any atom is 0.165 e. The van der Waals surface area contributed by atoms with Crippen LogP contribution in [0.25, 0.3) is 0 Å². The average molecular weight is 213 g/mol. The van der Waals surface area contributed by atoms with Crippen molar-refractivity contribution in [3.63, 3.8) is 0 Å². The molecule has 0 aliphatic rings. The van der Waals surface area contributed by atoms with Gasteiger partial charge in [0.05, 0.1) is 5.60 Å². The van der Waals surface area contributed by atoms with Crippen LogP contribution < -0.4 is 5.48 Å². The second-order valence-corrected chi connectivity index (χ2v) is 4.28. The molecule has 0 aromatic heterocycles. The maximum absolute atomic E-state index is 12.9. The number of benzene rings is 1. The van der Waals surface area contributed by atoms with Crippen molar-refractivity contribution in [2.24, 2.45) is 0 Å². The van der Waals surface area contributed by atoms with Gasteiger partial charge in [0.25, 0.3) is 0 Å². The highest BCUT2D eigenvalue weighted by Crippen LogP contribution is 2.20. The molecule has 3 nitrogen and oxygen atoms in total. The number of halogens is 1. The fourth-order valence-corrected chi connectivity index (χ4v) is 1.03. The van der Waals surface area contributed by atoms with E-state index in [-0.39, 0.29) is 17.9 Å². The lowest BCUT2D eigenvalue weighted by atomic mass is 10.2. The van der Waals surface area contributed by atoms with Gasteiger partial charge in [0.2, 0.25) is 0 Å². The molecule has 0 aliphatic carbocycles. The first kappa shape index (κ1) is 11.9. The molecule has 1 rings (SSSR count). The summed E-state index contributed by atoms with van der Waals surface area (Å²) in [5.41, 5.74) is 2.84. The lowest BCUT2D eigenvalue weighted by molar-refractivity contribution is -0.0759. The number of phenolic OH excluding ortho intramolecular Hbond substituents is 1. The second kappa shape index (κ2) is 4.59. The molecule has 0 aliphatic heterocycles. The number of hydrogen-bond acceptors (Lipinski definition) is 3. The van der Waals surface area contributed by atoms with E-state index >= 15 is 0 Å². The Balaban J connectivity index is 2.55. The summed E-state index contributed by atoms with van der Waals surface area (Å²) in [6.45, 7) is 5.95. The minimum Gasteiger partial charge on any atom is -0.505 e. The van der Waals surface area contributed by atoms with Crippen molar-refractivity contribution < 1.29 is 14.3 Å². The van der Waals surface area contributed by atoms with Crippen molar-refractivity contribution in [3.05, 3.63) is 29.6 Å². The van der Waals surface area contributed by atoms with Crippen LogP contribution in [0.5, 0.6) is 5.75 Å². The predicted molar refractivity (Wildman–Crippen MR) is 55.7 cm³/mol. The molecule has 0 heterocycles.